The van der Waals surface area contributed by atoms with E-state index < -0.39 is 5.97 Å². The second-order valence-electron chi connectivity index (χ2n) is 7.16. The van der Waals surface area contributed by atoms with Gasteiger partial charge in [0, 0.05) is 24.7 Å². The Hall–Kier alpha value is -3.42. The quantitative estimate of drug-likeness (QED) is 0.688. The first-order valence-corrected chi connectivity index (χ1v) is 9.61. The van der Waals surface area contributed by atoms with Gasteiger partial charge in [-0.2, -0.15) is 10.2 Å². The Kier molecular flexibility index (Phi) is 5.16. The Balaban J connectivity index is 1.43. The molecular weight excluding hydrogens is 370 g/mol. The number of esters is 1. The fraction of sp³-hybridized carbons (Fsp3) is 0.333. The summed E-state index contributed by atoms with van der Waals surface area (Å²) < 4.78 is 6.49. The van der Waals surface area contributed by atoms with E-state index in [1.54, 1.807) is 16.9 Å². The monoisotopic (exact) mass is 393 g/mol. The molecule has 1 aliphatic heterocycles. The van der Waals surface area contributed by atoms with Gasteiger partial charge in [-0.3, -0.25) is 9.89 Å². The fourth-order valence-electron chi connectivity index (χ4n) is 3.77. The Bertz CT molecular complexity index is 1020. The lowest BCUT2D eigenvalue weighted by molar-refractivity contribution is 0.0593. The highest BCUT2D eigenvalue weighted by molar-refractivity contribution is 5.95. The number of methoxy groups -OCH3 is 1. The van der Waals surface area contributed by atoms with Crippen molar-refractivity contribution >= 4 is 11.9 Å². The molecule has 1 amide bonds. The standard InChI is InChI=1S/C21H23N5O3/c1-14-17(13-22-26(14)16-6-4-3-5-7-16)20(27)25-10-8-15(9-11-25)18-12-19(24-23-18)21(28)29-2/h3-7,12-13,15H,8-11H2,1-2H3,(H,23,24). The van der Waals surface area contributed by atoms with E-state index in [9.17, 15) is 9.59 Å². The van der Waals surface area contributed by atoms with Crippen LogP contribution in [0.1, 0.15) is 51.0 Å². The van der Waals surface area contributed by atoms with Gasteiger partial charge in [-0.1, -0.05) is 18.2 Å². The van der Waals surface area contributed by atoms with Crippen LogP contribution in [0.15, 0.2) is 42.6 Å². The zero-order valence-electron chi connectivity index (χ0n) is 16.5. The number of hydrogen-bond donors (Lipinski definition) is 1. The summed E-state index contributed by atoms with van der Waals surface area (Å²) in [5.74, 6) is -0.216. The maximum absolute atomic E-state index is 13.0. The molecule has 0 atom stereocenters. The molecule has 29 heavy (non-hydrogen) atoms. The number of aromatic nitrogens is 4. The van der Waals surface area contributed by atoms with E-state index in [1.807, 2.05) is 42.2 Å². The summed E-state index contributed by atoms with van der Waals surface area (Å²) in [5.41, 5.74) is 3.58. The summed E-state index contributed by atoms with van der Waals surface area (Å²) >= 11 is 0. The van der Waals surface area contributed by atoms with Crippen LogP contribution in [0.25, 0.3) is 5.69 Å². The van der Waals surface area contributed by atoms with Crippen molar-refractivity contribution in [2.45, 2.75) is 25.7 Å². The van der Waals surface area contributed by atoms with Gasteiger partial charge in [-0.25, -0.2) is 9.48 Å². The van der Waals surface area contributed by atoms with Crippen LogP contribution in [0, 0.1) is 6.92 Å². The van der Waals surface area contributed by atoms with Gasteiger partial charge >= 0.3 is 5.97 Å². The van der Waals surface area contributed by atoms with Crippen molar-refractivity contribution < 1.29 is 14.3 Å². The van der Waals surface area contributed by atoms with Crippen LogP contribution in [-0.2, 0) is 4.74 Å². The van der Waals surface area contributed by atoms with Crippen LogP contribution in [0.3, 0.4) is 0 Å². The highest BCUT2D eigenvalue weighted by Crippen LogP contribution is 2.28. The van der Waals surface area contributed by atoms with Crippen molar-refractivity contribution in [3.8, 4) is 5.69 Å². The number of nitrogens with one attached hydrogen (secondary N) is 1. The van der Waals surface area contributed by atoms with E-state index in [-0.39, 0.29) is 17.5 Å². The molecule has 0 radical (unpaired) electrons. The molecule has 8 nitrogen and oxygen atoms in total. The lowest BCUT2D eigenvalue weighted by Gasteiger charge is -2.31. The number of nitrogens with zero attached hydrogens (tertiary/aromatic N) is 4. The molecule has 1 aliphatic rings. The number of piperidine rings is 1. The highest BCUT2D eigenvalue weighted by atomic mass is 16.5. The maximum atomic E-state index is 13.0. The minimum atomic E-state index is -0.453. The SMILES string of the molecule is COC(=O)c1cc(C2CCN(C(=O)c3cnn(-c4ccccc4)c3C)CC2)[nH]n1. The highest BCUT2D eigenvalue weighted by Gasteiger charge is 2.28. The van der Waals surface area contributed by atoms with Crippen LogP contribution < -0.4 is 0 Å². The molecule has 0 saturated carbocycles. The predicted molar refractivity (Wildman–Crippen MR) is 106 cm³/mol. The normalized spacial score (nSPS) is 14.8. The lowest BCUT2D eigenvalue weighted by Crippen LogP contribution is -2.38. The molecule has 8 heteroatoms. The van der Waals surface area contributed by atoms with Gasteiger partial charge in [-0.05, 0) is 38.0 Å². The Morgan fingerprint density at radius 2 is 1.90 bits per heavy atom. The van der Waals surface area contributed by atoms with Crippen LogP contribution >= 0.6 is 0 Å². The van der Waals surface area contributed by atoms with E-state index in [2.05, 4.69) is 15.3 Å². The van der Waals surface area contributed by atoms with Gasteiger partial charge < -0.3 is 9.64 Å². The Morgan fingerprint density at radius 3 is 2.59 bits per heavy atom. The van der Waals surface area contributed by atoms with Crippen LogP contribution in [0.2, 0.25) is 0 Å². The third-order valence-electron chi connectivity index (χ3n) is 5.46. The molecule has 150 valence electrons. The minimum Gasteiger partial charge on any atom is -0.464 e. The summed E-state index contributed by atoms with van der Waals surface area (Å²) in [4.78, 5) is 26.5. The number of amides is 1. The van der Waals surface area contributed by atoms with Crippen molar-refractivity contribution in [2.75, 3.05) is 20.2 Å². The topological polar surface area (TPSA) is 93.1 Å². The molecule has 1 saturated heterocycles. The van der Waals surface area contributed by atoms with Crippen molar-refractivity contribution in [3.63, 3.8) is 0 Å². The molecule has 4 rings (SSSR count). The number of aromatic amines is 1. The zero-order chi connectivity index (χ0) is 20.4. The van der Waals surface area contributed by atoms with Crippen molar-refractivity contribution in [1.82, 2.24) is 24.9 Å². The fourth-order valence-corrected chi connectivity index (χ4v) is 3.77. The molecule has 0 aliphatic carbocycles. The second kappa shape index (κ2) is 7.90. The number of rotatable bonds is 4. The van der Waals surface area contributed by atoms with E-state index in [0.717, 1.165) is 29.9 Å². The zero-order valence-corrected chi connectivity index (χ0v) is 16.5. The summed E-state index contributed by atoms with van der Waals surface area (Å²) in [6, 6.07) is 11.5. The lowest BCUT2D eigenvalue weighted by atomic mass is 9.93. The number of carbonyl (C=O) groups excluding carboxylic acids is 2. The average molecular weight is 393 g/mol. The van der Waals surface area contributed by atoms with E-state index >= 15 is 0 Å². The Morgan fingerprint density at radius 1 is 1.17 bits per heavy atom. The number of carbonyl (C=O) groups is 2. The second-order valence-corrected chi connectivity index (χ2v) is 7.16. The smallest absolute Gasteiger partial charge is 0.358 e. The van der Waals surface area contributed by atoms with Crippen molar-refractivity contribution in [3.05, 3.63) is 65.2 Å². The number of ether oxygens (including phenoxy) is 1. The van der Waals surface area contributed by atoms with E-state index in [0.29, 0.717) is 18.7 Å². The van der Waals surface area contributed by atoms with Crippen molar-refractivity contribution in [2.24, 2.45) is 0 Å². The minimum absolute atomic E-state index is 0.00277. The average Bonchev–Trinajstić information content (AvgIpc) is 3.41. The van der Waals surface area contributed by atoms with Crippen LogP contribution in [0.4, 0.5) is 0 Å². The first-order chi connectivity index (χ1) is 14.1. The van der Waals surface area contributed by atoms with E-state index in [1.165, 1.54) is 7.11 Å². The number of H-pyrrole nitrogens is 1. The van der Waals surface area contributed by atoms with Crippen LogP contribution in [-0.4, -0.2) is 57.0 Å². The number of hydrogen-bond acceptors (Lipinski definition) is 5. The first kappa shape index (κ1) is 18.9. The number of benzene rings is 1. The Labute approximate surface area is 168 Å². The summed E-state index contributed by atoms with van der Waals surface area (Å²) in [7, 11) is 1.34. The predicted octanol–water partition coefficient (Wildman–Crippen LogP) is 2.71. The molecule has 2 aromatic heterocycles. The summed E-state index contributed by atoms with van der Waals surface area (Å²) in [5, 5.41) is 11.3. The summed E-state index contributed by atoms with van der Waals surface area (Å²) in [6.07, 6.45) is 3.26. The molecule has 1 N–H and O–H groups in total. The third kappa shape index (κ3) is 3.65. The first-order valence-electron chi connectivity index (χ1n) is 9.61. The molecule has 0 spiro atoms. The van der Waals surface area contributed by atoms with Gasteiger partial charge in [-0.15, -0.1) is 0 Å². The van der Waals surface area contributed by atoms with Crippen molar-refractivity contribution in [1.29, 1.82) is 0 Å². The van der Waals surface area contributed by atoms with Gasteiger partial charge in [0.1, 0.15) is 0 Å². The summed E-state index contributed by atoms with van der Waals surface area (Å²) in [6.45, 7) is 3.21. The number of likely N-dealkylation sites (tertiary alicyclic amines) is 1. The van der Waals surface area contributed by atoms with Gasteiger partial charge in [0.15, 0.2) is 5.69 Å². The van der Waals surface area contributed by atoms with Crippen LogP contribution in [0.5, 0.6) is 0 Å². The molecular formula is C21H23N5O3. The maximum Gasteiger partial charge on any atom is 0.358 e. The number of para-hydroxylation sites is 1. The largest absolute Gasteiger partial charge is 0.464 e. The molecule has 0 bridgehead atoms. The molecule has 1 aromatic carbocycles. The van der Waals surface area contributed by atoms with E-state index in [4.69, 9.17) is 4.74 Å². The van der Waals surface area contributed by atoms with Gasteiger partial charge in [0.2, 0.25) is 0 Å². The van der Waals surface area contributed by atoms with Gasteiger partial charge in [0.05, 0.1) is 30.3 Å². The third-order valence-corrected chi connectivity index (χ3v) is 5.46. The van der Waals surface area contributed by atoms with Gasteiger partial charge in [0.25, 0.3) is 5.91 Å². The molecule has 3 aromatic rings. The molecule has 0 unspecified atom stereocenters. The molecule has 3 heterocycles. The molecule has 1 fully saturated rings.